The predicted molar refractivity (Wildman–Crippen MR) is 57.7 cm³/mol. The van der Waals surface area contributed by atoms with E-state index < -0.39 is 11.8 Å². The van der Waals surface area contributed by atoms with Gasteiger partial charge in [-0.05, 0) is 13.0 Å². The number of carboxylic acid groups (broad SMARTS) is 1. The van der Waals surface area contributed by atoms with Crippen molar-refractivity contribution in [3.05, 3.63) is 23.6 Å². The minimum atomic E-state index is -1.23. The molecule has 0 bridgehead atoms. The highest BCUT2D eigenvalue weighted by atomic mass is 19.1. The lowest BCUT2D eigenvalue weighted by atomic mass is 10.2. The van der Waals surface area contributed by atoms with Crippen LogP contribution in [0, 0.1) is 18.2 Å². The molecule has 0 aromatic carbocycles. The number of nitrogens with zero attached hydrogens (tertiary/aromatic N) is 1. The van der Waals surface area contributed by atoms with Crippen LogP contribution >= 0.6 is 0 Å². The predicted octanol–water partition coefficient (Wildman–Crippen LogP) is 1.74. The second-order valence-corrected chi connectivity index (χ2v) is 3.31. The maximum Gasteiger partial charge on any atom is 0.339 e. The number of aromatic carboxylic acids is 1. The largest absolute Gasteiger partial charge is 0.478 e. The first-order valence-corrected chi connectivity index (χ1v) is 4.63. The lowest BCUT2D eigenvalue weighted by Crippen LogP contribution is -2.18. The fourth-order valence-electron chi connectivity index (χ4n) is 1.18. The van der Waals surface area contributed by atoms with Gasteiger partial charge < -0.3 is 10.4 Å². The van der Waals surface area contributed by atoms with E-state index in [-0.39, 0.29) is 17.4 Å². The van der Waals surface area contributed by atoms with E-state index in [1.807, 2.05) is 0 Å². The number of carbonyl (C=O) groups is 1. The third-order valence-corrected chi connectivity index (χ3v) is 1.89. The summed E-state index contributed by atoms with van der Waals surface area (Å²) in [5, 5.41) is 11.7. The summed E-state index contributed by atoms with van der Waals surface area (Å²) in [5.41, 5.74) is -0.205. The molecular weight excluding hydrogens is 211 g/mol. The molecule has 0 saturated heterocycles. The van der Waals surface area contributed by atoms with E-state index in [4.69, 9.17) is 11.5 Å². The highest BCUT2D eigenvalue weighted by Crippen LogP contribution is 2.15. The van der Waals surface area contributed by atoms with Crippen molar-refractivity contribution in [2.24, 2.45) is 0 Å². The molecular formula is C11H11FN2O2. The molecule has 1 unspecified atom stereocenters. The number of pyridine rings is 1. The van der Waals surface area contributed by atoms with Crippen LogP contribution in [0.5, 0.6) is 0 Å². The monoisotopic (exact) mass is 222 g/mol. The minimum Gasteiger partial charge on any atom is -0.478 e. The highest BCUT2D eigenvalue weighted by molar-refractivity contribution is 5.93. The Morgan fingerprint density at radius 3 is 3.06 bits per heavy atom. The average molecular weight is 222 g/mol. The molecule has 16 heavy (non-hydrogen) atoms. The zero-order valence-electron chi connectivity index (χ0n) is 8.70. The maximum atomic E-state index is 12.8. The molecule has 1 rings (SSSR count). The Kier molecular flexibility index (Phi) is 3.84. The molecule has 0 saturated carbocycles. The molecule has 0 aliphatic heterocycles. The normalized spacial score (nSPS) is 11.6. The van der Waals surface area contributed by atoms with Crippen molar-refractivity contribution in [2.75, 3.05) is 5.32 Å². The van der Waals surface area contributed by atoms with Crippen LogP contribution in [0.4, 0.5) is 10.2 Å². The third-order valence-electron chi connectivity index (χ3n) is 1.89. The topological polar surface area (TPSA) is 62.2 Å². The van der Waals surface area contributed by atoms with Gasteiger partial charge in [-0.1, -0.05) is 0 Å². The number of aromatic nitrogens is 1. The molecule has 4 nitrogen and oxygen atoms in total. The standard InChI is InChI=1S/C11H11FN2O2/c1-3-4-7(2)14-10-9(11(15)16)5-8(12)6-13-10/h1,5-7H,4H2,2H3,(H,13,14)(H,15,16). The Labute approximate surface area is 92.5 Å². The van der Waals surface area contributed by atoms with Crippen molar-refractivity contribution >= 4 is 11.8 Å². The van der Waals surface area contributed by atoms with Gasteiger partial charge in [0.1, 0.15) is 17.2 Å². The Bertz CT molecular complexity index is 440. The van der Waals surface area contributed by atoms with Gasteiger partial charge in [0, 0.05) is 12.5 Å². The van der Waals surface area contributed by atoms with E-state index >= 15 is 0 Å². The Morgan fingerprint density at radius 1 is 1.81 bits per heavy atom. The first-order chi connectivity index (χ1) is 7.54. The van der Waals surface area contributed by atoms with Crippen LogP contribution in [0.15, 0.2) is 12.3 Å². The Hall–Kier alpha value is -2.09. The van der Waals surface area contributed by atoms with Crippen LogP contribution in [0.3, 0.4) is 0 Å². The van der Waals surface area contributed by atoms with Crippen molar-refractivity contribution < 1.29 is 14.3 Å². The number of terminal acetylenes is 1. The van der Waals surface area contributed by atoms with Gasteiger partial charge in [0.2, 0.25) is 0 Å². The van der Waals surface area contributed by atoms with Crippen molar-refractivity contribution in [2.45, 2.75) is 19.4 Å². The van der Waals surface area contributed by atoms with E-state index in [0.29, 0.717) is 6.42 Å². The molecule has 0 fully saturated rings. The SMILES string of the molecule is C#CCC(C)Nc1ncc(F)cc1C(=O)O. The molecule has 1 heterocycles. The molecule has 84 valence electrons. The first-order valence-electron chi connectivity index (χ1n) is 4.63. The third kappa shape index (κ3) is 2.95. The van der Waals surface area contributed by atoms with Crippen LogP contribution in [0.2, 0.25) is 0 Å². The van der Waals surface area contributed by atoms with Crippen LogP contribution in [0.25, 0.3) is 0 Å². The van der Waals surface area contributed by atoms with E-state index in [9.17, 15) is 9.18 Å². The molecule has 1 aromatic heterocycles. The molecule has 0 spiro atoms. The second-order valence-electron chi connectivity index (χ2n) is 3.31. The minimum absolute atomic E-state index is 0.122. The summed E-state index contributed by atoms with van der Waals surface area (Å²) in [4.78, 5) is 14.5. The van der Waals surface area contributed by atoms with Crippen molar-refractivity contribution in [1.82, 2.24) is 4.98 Å². The van der Waals surface area contributed by atoms with Gasteiger partial charge >= 0.3 is 5.97 Å². The molecule has 1 atom stereocenters. The highest BCUT2D eigenvalue weighted by Gasteiger charge is 2.14. The molecule has 0 radical (unpaired) electrons. The number of halogens is 1. The maximum absolute atomic E-state index is 12.8. The van der Waals surface area contributed by atoms with E-state index in [0.717, 1.165) is 12.3 Å². The van der Waals surface area contributed by atoms with Gasteiger partial charge in [0.05, 0.1) is 6.20 Å². The summed E-state index contributed by atoms with van der Waals surface area (Å²) < 4.78 is 12.8. The quantitative estimate of drug-likeness (QED) is 0.762. The van der Waals surface area contributed by atoms with E-state index in [1.54, 1.807) is 6.92 Å². The van der Waals surface area contributed by atoms with Crippen LogP contribution in [0.1, 0.15) is 23.7 Å². The van der Waals surface area contributed by atoms with Crippen LogP contribution in [-0.4, -0.2) is 22.1 Å². The smallest absolute Gasteiger partial charge is 0.339 e. The molecule has 0 amide bonds. The van der Waals surface area contributed by atoms with Crippen molar-refractivity contribution in [3.8, 4) is 12.3 Å². The number of hydrogen-bond donors (Lipinski definition) is 2. The number of anilines is 1. The number of nitrogens with one attached hydrogen (secondary N) is 1. The number of rotatable bonds is 4. The first kappa shape index (κ1) is 12.0. The van der Waals surface area contributed by atoms with Gasteiger partial charge in [-0.2, -0.15) is 0 Å². The van der Waals surface area contributed by atoms with E-state index in [1.165, 1.54) is 0 Å². The summed E-state index contributed by atoms with van der Waals surface area (Å²) >= 11 is 0. The summed E-state index contributed by atoms with van der Waals surface area (Å²) in [6.45, 7) is 1.79. The fraction of sp³-hybridized carbons (Fsp3) is 0.273. The second kappa shape index (κ2) is 5.12. The van der Waals surface area contributed by atoms with Gasteiger partial charge in [-0.15, -0.1) is 12.3 Å². The summed E-state index contributed by atoms with van der Waals surface area (Å²) in [5.74, 6) is 0.637. The van der Waals surface area contributed by atoms with Gasteiger partial charge in [-0.3, -0.25) is 0 Å². The van der Waals surface area contributed by atoms with Crippen LogP contribution < -0.4 is 5.32 Å². The van der Waals surface area contributed by atoms with E-state index in [2.05, 4.69) is 16.2 Å². The molecule has 1 aromatic rings. The fourth-order valence-corrected chi connectivity index (χ4v) is 1.18. The zero-order chi connectivity index (χ0) is 12.1. The molecule has 0 aliphatic carbocycles. The van der Waals surface area contributed by atoms with Crippen LogP contribution in [-0.2, 0) is 0 Å². The lowest BCUT2D eigenvalue weighted by Gasteiger charge is -2.13. The van der Waals surface area contributed by atoms with Gasteiger partial charge in [-0.25, -0.2) is 14.2 Å². The van der Waals surface area contributed by atoms with Crippen molar-refractivity contribution in [1.29, 1.82) is 0 Å². The Balaban J connectivity index is 2.96. The lowest BCUT2D eigenvalue weighted by molar-refractivity contribution is 0.0697. The molecule has 2 N–H and O–H groups in total. The molecule has 5 heteroatoms. The summed E-state index contributed by atoms with van der Waals surface area (Å²) in [7, 11) is 0. The van der Waals surface area contributed by atoms with Gasteiger partial charge in [0.25, 0.3) is 0 Å². The zero-order valence-corrected chi connectivity index (χ0v) is 8.70. The summed E-state index contributed by atoms with van der Waals surface area (Å²) in [6.07, 6.45) is 6.50. The van der Waals surface area contributed by atoms with Gasteiger partial charge in [0.15, 0.2) is 0 Å². The Morgan fingerprint density at radius 2 is 2.50 bits per heavy atom. The molecule has 0 aliphatic rings. The number of hydrogen-bond acceptors (Lipinski definition) is 3. The summed E-state index contributed by atoms with van der Waals surface area (Å²) in [6, 6.07) is 0.793. The average Bonchev–Trinajstić information content (AvgIpc) is 2.20. The van der Waals surface area contributed by atoms with Crippen molar-refractivity contribution in [3.63, 3.8) is 0 Å². The number of carboxylic acids is 1.